The third-order valence-electron chi connectivity index (χ3n) is 3.86. The maximum atomic E-state index is 4.39. The molecule has 0 saturated heterocycles. The van der Waals surface area contributed by atoms with Crippen LogP contribution in [0.1, 0.15) is 56.8 Å². The van der Waals surface area contributed by atoms with E-state index in [1.165, 1.54) is 44.9 Å². The quantitative estimate of drug-likeness (QED) is 0.829. The fourth-order valence-electron chi connectivity index (χ4n) is 3.00. The average molecular weight is 220 g/mol. The maximum Gasteiger partial charge on any atom is 0.143 e. The summed E-state index contributed by atoms with van der Waals surface area (Å²) in [6, 6.07) is 1.15. The van der Waals surface area contributed by atoms with Crippen LogP contribution in [0.3, 0.4) is 0 Å². The highest BCUT2D eigenvalue weighted by Gasteiger charge is 2.25. The van der Waals surface area contributed by atoms with Crippen molar-refractivity contribution in [2.75, 3.05) is 0 Å². The molecule has 0 spiro atoms. The van der Waals surface area contributed by atoms with Crippen molar-refractivity contribution in [2.24, 2.45) is 0 Å². The molecule has 1 saturated carbocycles. The molecule has 1 fully saturated rings. The van der Waals surface area contributed by atoms with Crippen LogP contribution in [0, 0.1) is 0 Å². The minimum absolute atomic E-state index is 0.444. The van der Waals surface area contributed by atoms with E-state index in [1.807, 2.05) is 0 Å². The molecule has 0 radical (unpaired) electrons. The summed E-state index contributed by atoms with van der Waals surface area (Å²) in [4.78, 5) is 4.39. The molecule has 4 nitrogen and oxygen atoms in total. The fourth-order valence-corrected chi connectivity index (χ4v) is 3.00. The molecule has 0 aromatic carbocycles. The first-order valence-corrected chi connectivity index (χ1v) is 6.57. The number of hydrogen-bond donors (Lipinski definition) is 1. The highest BCUT2D eigenvalue weighted by molar-refractivity contribution is 4.98. The molecule has 88 valence electrons. The fraction of sp³-hybridized carbons (Fsp3) is 0.833. The zero-order chi connectivity index (χ0) is 10.8. The first kappa shape index (κ1) is 10.3. The van der Waals surface area contributed by atoms with Gasteiger partial charge in [0.1, 0.15) is 12.2 Å². The molecule has 1 N–H and O–H groups in total. The minimum atomic E-state index is 0.444. The van der Waals surface area contributed by atoms with Crippen LogP contribution in [-0.2, 0) is 6.54 Å². The largest absolute Gasteiger partial charge is 0.305 e. The summed E-state index contributed by atoms with van der Waals surface area (Å²) in [5.41, 5.74) is 0. The zero-order valence-corrected chi connectivity index (χ0v) is 9.73. The highest BCUT2D eigenvalue weighted by atomic mass is 15.3. The second kappa shape index (κ2) is 4.53. The SMILES string of the molecule is c1nc2n(n1)CCCC2NC1CCCCC1. The van der Waals surface area contributed by atoms with Crippen molar-refractivity contribution in [3.05, 3.63) is 12.2 Å². The molecule has 2 aliphatic rings. The number of rotatable bonds is 2. The van der Waals surface area contributed by atoms with Crippen LogP contribution < -0.4 is 5.32 Å². The molecule has 0 amide bonds. The molecule has 2 heterocycles. The van der Waals surface area contributed by atoms with Crippen LogP contribution in [0.4, 0.5) is 0 Å². The van der Waals surface area contributed by atoms with Gasteiger partial charge >= 0.3 is 0 Å². The molecule has 1 aliphatic heterocycles. The van der Waals surface area contributed by atoms with Crippen molar-refractivity contribution in [1.29, 1.82) is 0 Å². The van der Waals surface area contributed by atoms with Gasteiger partial charge in [0.25, 0.3) is 0 Å². The monoisotopic (exact) mass is 220 g/mol. The molecule has 0 bridgehead atoms. The number of aromatic nitrogens is 3. The van der Waals surface area contributed by atoms with E-state index in [9.17, 15) is 0 Å². The van der Waals surface area contributed by atoms with E-state index in [1.54, 1.807) is 6.33 Å². The predicted octanol–water partition coefficient (Wildman–Crippen LogP) is 2.04. The molecular formula is C12H20N4. The van der Waals surface area contributed by atoms with Gasteiger partial charge in [0.05, 0.1) is 6.04 Å². The first-order valence-electron chi connectivity index (χ1n) is 6.57. The Morgan fingerprint density at radius 1 is 1.12 bits per heavy atom. The summed E-state index contributed by atoms with van der Waals surface area (Å²) in [5, 5.41) is 8.04. The van der Waals surface area contributed by atoms with E-state index >= 15 is 0 Å². The summed E-state index contributed by atoms with van der Waals surface area (Å²) >= 11 is 0. The molecule has 1 atom stereocenters. The van der Waals surface area contributed by atoms with Gasteiger partial charge < -0.3 is 5.32 Å². The van der Waals surface area contributed by atoms with Gasteiger partial charge in [-0.25, -0.2) is 9.67 Å². The van der Waals surface area contributed by atoms with Gasteiger partial charge in [-0.3, -0.25) is 0 Å². The molecule has 4 heteroatoms. The van der Waals surface area contributed by atoms with Crippen molar-refractivity contribution < 1.29 is 0 Å². The van der Waals surface area contributed by atoms with E-state index in [4.69, 9.17) is 0 Å². The van der Waals surface area contributed by atoms with Gasteiger partial charge in [-0.15, -0.1) is 0 Å². The van der Waals surface area contributed by atoms with E-state index in [0.717, 1.165) is 12.4 Å². The third-order valence-corrected chi connectivity index (χ3v) is 3.86. The second-order valence-electron chi connectivity index (χ2n) is 5.04. The van der Waals surface area contributed by atoms with Crippen molar-refractivity contribution in [3.63, 3.8) is 0 Å². The van der Waals surface area contributed by atoms with E-state index in [-0.39, 0.29) is 0 Å². The highest BCUT2D eigenvalue weighted by Crippen LogP contribution is 2.26. The summed E-state index contributed by atoms with van der Waals surface area (Å²) in [6.45, 7) is 1.04. The lowest BCUT2D eigenvalue weighted by Gasteiger charge is -2.30. The number of aryl methyl sites for hydroxylation is 1. The molecule has 16 heavy (non-hydrogen) atoms. The number of nitrogens with zero attached hydrogens (tertiary/aromatic N) is 3. The van der Waals surface area contributed by atoms with Crippen molar-refractivity contribution in [1.82, 2.24) is 20.1 Å². The topological polar surface area (TPSA) is 42.7 Å². The Morgan fingerprint density at radius 3 is 2.88 bits per heavy atom. The van der Waals surface area contributed by atoms with Gasteiger partial charge in [0, 0.05) is 12.6 Å². The molecule has 1 unspecified atom stereocenters. The van der Waals surface area contributed by atoms with Crippen molar-refractivity contribution in [2.45, 2.75) is 63.6 Å². The first-order chi connectivity index (χ1) is 7.93. The Labute approximate surface area is 96.4 Å². The van der Waals surface area contributed by atoms with Gasteiger partial charge in [0.15, 0.2) is 0 Å². The van der Waals surface area contributed by atoms with Crippen LogP contribution in [-0.4, -0.2) is 20.8 Å². The van der Waals surface area contributed by atoms with Gasteiger partial charge in [-0.1, -0.05) is 19.3 Å². The molecule has 1 aliphatic carbocycles. The Balaban J connectivity index is 1.67. The lowest BCUT2D eigenvalue weighted by Crippen LogP contribution is -2.37. The van der Waals surface area contributed by atoms with Crippen LogP contribution in [0.5, 0.6) is 0 Å². The van der Waals surface area contributed by atoms with Crippen molar-refractivity contribution >= 4 is 0 Å². The minimum Gasteiger partial charge on any atom is -0.305 e. The Morgan fingerprint density at radius 2 is 2.00 bits per heavy atom. The van der Waals surface area contributed by atoms with E-state index < -0.39 is 0 Å². The number of nitrogens with one attached hydrogen (secondary N) is 1. The van der Waals surface area contributed by atoms with Crippen LogP contribution in [0.15, 0.2) is 6.33 Å². The Kier molecular flexibility index (Phi) is 2.91. The molecular weight excluding hydrogens is 200 g/mol. The standard InChI is InChI=1S/C12H20N4/c1-2-5-10(6-3-1)15-11-7-4-8-16-12(11)13-9-14-16/h9-11,15H,1-8H2. The third kappa shape index (κ3) is 1.98. The predicted molar refractivity (Wildman–Crippen MR) is 62.0 cm³/mol. The number of hydrogen-bond acceptors (Lipinski definition) is 3. The van der Waals surface area contributed by atoms with E-state index in [0.29, 0.717) is 12.1 Å². The smallest absolute Gasteiger partial charge is 0.143 e. The Bertz CT molecular complexity index is 341. The van der Waals surface area contributed by atoms with Crippen molar-refractivity contribution in [3.8, 4) is 0 Å². The van der Waals surface area contributed by atoms with E-state index in [2.05, 4.69) is 20.1 Å². The Hall–Kier alpha value is -0.900. The molecule has 3 rings (SSSR count). The molecule has 1 aromatic rings. The molecule has 1 aromatic heterocycles. The summed E-state index contributed by atoms with van der Waals surface area (Å²) in [7, 11) is 0. The lowest BCUT2D eigenvalue weighted by atomic mass is 9.94. The second-order valence-corrected chi connectivity index (χ2v) is 5.04. The van der Waals surface area contributed by atoms with Gasteiger partial charge in [0.2, 0.25) is 0 Å². The van der Waals surface area contributed by atoms with Crippen LogP contribution in [0.2, 0.25) is 0 Å². The normalized spacial score (nSPS) is 26.6. The average Bonchev–Trinajstić information content (AvgIpc) is 2.80. The maximum absolute atomic E-state index is 4.39. The van der Waals surface area contributed by atoms with Crippen LogP contribution >= 0.6 is 0 Å². The summed E-state index contributed by atoms with van der Waals surface area (Å²) in [5.74, 6) is 1.15. The van der Waals surface area contributed by atoms with Crippen LogP contribution in [0.25, 0.3) is 0 Å². The summed E-state index contributed by atoms with van der Waals surface area (Å²) in [6.07, 6.45) is 11.0. The lowest BCUT2D eigenvalue weighted by molar-refractivity contribution is 0.291. The number of fused-ring (bicyclic) bond motifs is 1. The van der Waals surface area contributed by atoms with Gasteiger partial charge in [-0.2, -0.15) is 5.10 Å². The zero-order valence-electron chi connectivity index (χ0n) is 9.73. The summed E-state index contributed by atoms with van der Waals surface area (Å²) < 4.78 is 2.06. The van der Waals surface area contributed by atoms with Gasteiger partial charge in [-0.05, 0) is 25.7 Å².